The predicted molar refractivity (Wildman–Crippen MR) is 146 cm³/mol. The van der Waals surface area contributed by atoms with E-state index in [4.69, 9.17) is 21.9 Å². The first-order valence-electron chi connectivity index (χ1n) is 12.3. The highest BCUT2D eigenvalue weighted by molar-refractivity contribution is 5.92. The molecule has 1 atom stereocenters. The summed E-state index contributed by atoms with van der Waals surface area (Å²) in [6.45, 7) is 0.664. The average Bonchev–Trinajstić information content (AvgIpc) is 2.91. The largest absolute Gasteiger partial charge is 0.497 e. The number of nitrogens with two attached hydrogens (primary N) is 3. The number of rotatable bonds is 13. The van der Waals surface area contributed by atoms with E-state index in [-0.39, 0.29) is 18.4 Å². The smallest absolute Gasteiger partial charge is 0.240 e. The lowest BCUT2D eigenvalue weighted by Gasteiger charge is -2.33. The summed E-state index contributed by atoms with van der Waals surface area (Å²) in [7, 11) is 1.60. The van der Waals surface area contributed by atoms with Crippen molar-refractivity contribution in [1.29, 1.82) is 0 Å². The van der Waals surface area contributed by atoms with Crippen LogP contribution in [0.5, 0.6) is 5.75 Å². The van der Waals surface area contributed by atoms with Crippen molar-refractivity contribution in [1.82, 2.24) is 4.90 Å². The normalized spacial score (nSPS) is 11.5. The van der Waals surface area contributed by atoms with Gasteiger partial charge in [-0.25, -0.2) is 0 Å². The number of primary amides is 1. The van der Waals surface area contributed by atoms with Gasteiger partial charge in [-0.15, -0.1) is 0 Å². The van der Waals surface area contributed by atoms with Crippen LogP contribution in [-0.2, 0) is 16.1 Å². The topological polar surface area (TPSA) is 137 Å². The second-order valence-corrected chi connectivity index (χ2v) is 8.79. The Morgan fingerprint density at radius 1 is 0.838 bits per heavy atom. The average molecular weight is 502 g/mol. The van der Waals surface area contributed by atoms with Crippen LogP contribution >= 0.6 is 0 Å². The van der Waals surface area contributed by atoms with Gasteiger partial charge in [0.15, 0.2) is 5.96 Å². The van der Waals surface area contributed by atoms with Crippen molar-refractivity contribution in [2.75, 3.05) is 13.7 Å². The molecule has 0 saturated carbocycles. The lowest BCUT2D eigenvalue weighted by Crippen LogP contribution is -2.49. The second kappa shape index (κ2) is 13.7. The quantitative estimate of drug-likeness (QED) is 0.188. The van der Waals surface area contributed by atoms with Gasteiger partial charge in [-0.05, 0) is 48.1 Å². The van der Waals surface area contributed by atoms with Crippen molar-refractivity contribution in [3.63, 3.8) is 0 Å². The summed E-state index contributed by atoms with van der Waals surface area (Å²) in [6.07, 6.45) is 1.68. The summed E-state index contributed by atoms with van der Waals surface area (Å²) in [5, 5.41) is 0. The first-order valence-corrected chi connectivity index (χ1v) is 12.3. The minimum atomic E-state index is -0.802. The van der Waals surface area contributed by atoms with E-state index in [2.05, 4.69) is 4.99 Å². The molecule has 0 aliphatic heterocycles. The van der Waals surface area contributed by atoms with Gasteiger partial charge in [0.1, 0.15) is 11.8 Å². The molecule has 37 heavy (non-hydrogen) atoms. The summed E-state index contributed by atoms with van der Waals surface area (Å²) < 4.78 is 5.27. The highest BCUT2D eigenvalue weighted by Crippen LogP contribution is 2.29. The van der Waals surface area contributed by atoms with Crippen molar-refractivity contribution >= 4 is 17.8 Å². The van der Waals surface area contributed by atoms with E-state index < -0.39 is 17.9 Å². The van der Waals surface area contributed by atoms with Crippen LogP contribution in [-0.4, -0.2) is 42.4 Å². The van der Waals surface area contributed by atoms with E-state index in [1.807, 2.05) is 84.9 Å². The molecule has 0 aliphatic rings. The molecule has 2 amide bonds. The van der Waals surface area contributed by atoms with Crippen molar-refractivity contribution in [2.45, 2.75) is 37.8 Å². The molecule has 0 saturated heterocycles. The number of aliphatic imine (C=N–C) groups is 1. The maximum absolute atomic E-state index is 14.3. The monoisotopic (exact) mass is 501 g/mol. The standard InChI is InChI=1S/C29H35N5O3/c1-37-24-17-15-21(16-18-24)20-34(25(27(30)35)14-8-9-19-33-29(31)32)28(36)26(22-10-4-2-5-11-22)23-12-6-3-7-13-23/h2-7,10-13,15-18,25-26H,8-9,14,19-20H2,1H3,(H2,30,35)(H4,31,32,33)/t25-/m1/s1. The number of hydrogen-bond donors (Lipinski definition) is 3. The fraction of sp³-hybridized carbons (Fsp3) is 0.276. The molecule has 6 N–H and O–H groups in total. The van der Waals surface area contributed by atoms with Gasteiger partial charge >= 0.3 is 0 Å². The Balaban J connectivity index is 1.98. The zero-order valence-corrected chi connectivity index (χ0v) is 21.1. The Hall–Kier alpha value is -4.33. The Kier molecular flexibility index (Phi) is 10.1. The van der Waals surface area contributed by atoms with Gasteiger partial charge in [0.05, 0.1) is 13.0 Å². The van der Waals surface area contributed by atoms with E-state index in [1.54, 1.807) is 12.0 Å². The summed E-state index contributed by atoms with van der Waals surface area (Å²) in [6, 6.07) is 25.8. The molecule has 3 aromatic rings. The Morgan fingerprint density at radius 3 is 1.89 bits per heavy atom. The van der Waals surface area contributed by atoms with E-state index in [0.29, 0.717) is 31.6 Å². The molecule has 0 spiro atoms. The zero-order chi connectivity index (χ0) is 26.6. The lowest BCUT2D eigenvalue weighted by atomic mass is 9.89. The Morgan fingerprint density at radius 2 is 1.41 bits per heavy atom. The van der Waals surface area contributed by atoms with Crippen LogP contribution in [0.4, 0.5) is 0 Å². The number of methoxy groups -OCH3 is 1. The van der Waals surface area contributed by atoms with Crippen LogP contribution in [0.15, 0.2) is 89.9 Å². The fourth-order valence-electron chi connectivity index (χ4n) is 4.31. The minimum Gasteiger partial charge on any atom is -0.497 e. The van der Waals surface area contributed by atoms with E-state index in [1.165, 1.54) is 0 Å². The number of unbranched alkanes of at least 4 members (excludes halogenated alkanes) is 1. The molecule has 0 unspecified atom stereocenters. The SMILES string of the molecule is COc1ccc(CN(C(=O)C(c2ccccc2)c2ccccc2)[C@H](CCCCN=C(N)N)C(N)=O)cc1. The first-order chi connectivity index (χ1) is 17.9. The predicted octanol–water partition coefficient (Wildman–Crippen LogP) is 3.15. The summed E-state index contributed by atoms with van der Waals surface area (Å²) in [5.41, 5.74) is 19.3. The highest BCUT2D eigenvalue weighted by Gasteiger charge is 2.34. The van der Waals surface area contributed by atoms with Gasteiger partial charge in [-0.3, -0.25) is 14.6 Å². The van der Waals surface area contributed by atoms with Gasteiger partial charge in [-0.2, -0.15) is 0 Å². The number of benzene rings is 3. The fourth-order valence-corrected chi connectivity index (χ4v) is 4.31. The Bertz CT molecular complexity index is 1120. The summed E-state index contributed by atoms with van der Waals surface area (Å²) >= 11 is 0. The third-order valence-corrected chi connectivity index (χ3v) is 6.19. The lowest BCUT2D eigenvalue weighted by molar-refractivity contribution is -0.141. The van der Waals surface area contributed by atoms with E-state index in [9.17, 15) is 9.59 Å². The number of guanidine groups is 1. The molecule has 3 aromatic carbocycles. The molecule has 3 rings (SSSR count). The third kappa shape index (κ3) is 7.83. The van der Waals surface area contributed by atoms with Crippen LogP contribution in [0.25, 0.3) is 0 Å². The van der Waals surface area contributed by atoms with Gasteiger partial charge in [0.2, 0.25) is 11.8 Å². The molecule has 0 heterocycles. The number of carbonyl (C=O) groups excluding carboxylic acids is 2. The molecule has 194 valence electrons. The van der Waals surface area contributed by atoms with Crippen LogP contribution in [0.1, 0.15) is 41.9 Å². The maximum Gasteiger partial charge on any atom is 0.240 e. The van der Waals surface area contributed by atoms with E-state index >= 15 is 0 Å². The summed E-state index contributed by atoms with van der Waals surface area (Å²) in [5.74, 6) is -0.607. The highest BCUT2D eigenvalue weighted by atomic mass is 16.5. The van der Waals surface area contributed by atoms with Gasteiger partial charge in [0.25, 0.3) is 0 Å². The first kappa shape index (κ1) is 27.3. The van der Waals surface area contributed by atoms with E-state index in [0.717, 1.165) is 16.7 Å². The summed E-state index contributed by atoms with van der Waals surface area (Å²) in [4.78, 5) is 32.7. The van der Waals surface area contributed by atoms with Crippen molar-refractivity contribution < 1.29 is 14.3 Å². The van der Waals surface area contributed by atoms with Crippen LogP contribution in [0.2, 0.25) is 0 Å². The van der Waals surface area contributed by atoms with Crippen LogP contribution < -0.4 is 21.9 Å². The molecule has 0 fully saturated rings. The number of hydrogen-bond acceptors (Lipinski definition) is 4. The van der Waals surface area contributed by atoms with Gasteiger partial charge in [0, 0.05) is 13.1 Å². The molecule has 0 aliphatic carbocycles. The van der Waals surface area contributed by atoms with Crippen molar-refractivity contribution in [2.24, 2.45) is 22.2 Å². The third-order valence-electron chi connectivity index (χ3n) is 6.19. The van der Waals surface area contributed by atoms with Crippen molar-refractivity contribution in [3.8, 4) is 5.75 Å². The number of nitrogens with zero attached hydrogens (tertiary/aromatic N) is 2. The number of amides is 2. The maximum atomic E-state index is 14.3. The van der Waals surface area contributed by atoms with Gasteiger partial charge in [-0.1, -0.05) is 72.8 Å². The molecule has 0 radical (unpaired) electrons. The molecule has 8 nitrogen and oxygen atoms in total. The molecule has 0 bridgehead atoms. The minimum absolute atomic E-state index is 0.0244. The Labute approximate surface area is 218 Å². The van der Waals surface area contributed by atoms with Crippen LogP contribution in [0, 0.1) is 0 Å². The second-order valence-electron chi connectivity index (χ2n) is 8.79. The molecular formula is C29H35N5O3. The van der Waals surface area contributed by atoms with Crippen molar-refractivity contribution in [3.05, 3.63) is 102 Å². The van der Waals surface area contributed by atoms with Gasteiger partial charge < -0.3 is 26.8 Å². The van der Waals surface area contributed by atoms with Crippen LogP contribution in [0.3, 0.4) is 0 Å². The number of carbonyl (C=O) groups is 2. The molecule has 0 aromatic heterocycles. The molecule has 8 heteroatoms. The molecular weight excluding hydrogens is 466 g/mol. The zero-order valence-electron chi connectivity index (χ0n) is 21.1. The number of ether oxygens (including phenoxy) is 1.